The Morgan fingerprint density at radius 1 is 0.377 bits per heavy atom. The van der Waals surface area contributed by atoms with Gasteiger partial charge < -0.3 is 4.90 Å². The second-order valence-corrected chi connectivity index (χ2v) is 18.7. The highest BCUT2D eigenvalue weighted by molar-refractivity contribution is 7.26. The number of nitrogens with zero attached hydrogens (tertiary/aromatic N) is 1. The van der Waals surface area contributed by atoms with Crippen molar-refractivity contribution in [3.63, 3.8) is 0 Å². The average Bonchev–Trinajstić information content (AvgIpc) is 3.91. The minimum Gasteiger partial charge on any atom is -0.309 e. The van der Waals surface area contributed by atoms with Crippen LogP contribution in [-0.2, 0) is 0 Å². The first-order valence-corrected chi connectivity index (χ1v) is 23.3. The molecule has 1 aliphatic rings. The first kappa shape index (κ1) is 36.3. The lowest BCUT2D eigenvalue weighted by molar-refractivity contribution is 0.445. The van der Waals surface area contributed by atoms with Crippen molar-refractivity contribution in [2.75, 3.05) is 4.90 Å². The van der Waals surface area contributed by atoms with Gasteiger partial charge in [-0.05, 0) is 106 Å². The molecule has 0 atom stereocenters. The predicted octanol–water partition coefficient (Wildman–Crippen LogP) is 18.1. The van der Waals surface area contributed by atoms with Gasteiger partial charge in [0.2, 0.25) is 0 Å². The monoisotopic (exact) mass is 817 g/mol. The molecule has 0 amide bonds. The third-order valence-corrected chi connectivity index (χ3v) is 15.3. The Morgan fingerprint density at radius 2 is 0.869 bits per heavy atom. The molecule has 1 aliphatic carbocycles. The Bertz CT molecular complexity index is 3430. The van der Waals surface area contributed by atoms with E-state index in [0.717, 1.165) is 11.4 Å². The molecule has 61 heavy (non-hydrogen) atoms. The number of thiophene rings is 2. The molecule has 11 aromatic rings. The maximum absolute atomic E-state index is 2.55. The van der Waals surface area contributed by atoms with Gasteiger partial charge in [0.15, 0.2) is 0 Å². The van der Waals surface area contributed by atoms with E-state index in [1.165, 1.54) is 128 Å². The minimum absolute atomic E-state index is 0.580. The molecule has 12 rings (SSSR count). The molecule has 0 aliphatic heterocycles. The number of rotatable bonds is 7. The summed E-state index contributed by atoms with van der Waals surface area (Å²) in [5, 5.41) is 7.99. The van der Waals surface area contributed by atoms with Crippen molar-refractivity contribution in [1.82, 2.24) is 0 Å². The minimum atomic E-state index is 0.580. The van der Waals surface area contributed by atoms with Crippen molar-refractivity contribution in [2.45, 2.75) is 38.0 Å². The van der Waals surface area contributed by atoms with Gasteiger partial charge in [-0.1, -0.05) is 165 Å². The standard InChI is InChI=1S/C58H43NS2/c1-2-17-38(18-3-1)42-27-13-19-39-20-14-29-46(56(39)42)44-23-4-8-31-50(44)59(41-22-12-21-40(37-41)43-28-15-35-54-57(43)48-25-6-10-33-52(48)60-54)51-32-9-5-24-45(51)47-30-16-36-55-58(47)49-26-7-11-34-53(49)61-55/h4-16,19-38H,1-3,17-18H2. The largest absolute Gasteiger partial charge is 0.309 e. The van der Waals surface area contributed by atoms with Crippen LogP contribution in [0.5, 0.6) is 0 Å². The molecule has 0 saturated heterocycles. The zero-order chi connectivity index (χ0) is 40.3. The number of para-hydroxylation sites is 2. The van der Waals surface area contributed by atoms with E-state index in [1.54, 1.807) is 0 Å². The maximum Gasteiger partial charge on any atom is 0.0540 e. The van der Waals surface area contributed by atoms with Crippen LogP contribution in [-0.4, -0.2) is 0 Å². The van der Waals surface area contributed by atoms with E-state index in [9.17, 15) is 0 Å². The van der Waals surface area contributed by atoms with E-state index in [-0.39, 0.29) is 0 Å². The van der Waals surface area contributed by atoms with E-state index in [0.29, 0.717) is 5.92 Å². The molecule has 1 saturated carbocycles. The van der Waals surface area contributed by atoms with E-state index in [2.05, 4.69) is 199 Å². The molecule has 9 aromatic carbocycles. The molecule has 1 nitrogen and oxygen atoms in total. The highest BCUT2D eigenvalue weighted by Crippen LogP contribution is 2.50. The summed E-state index contributed by atoms with van der Waals surface area (Å²) in [7, 11) is 0. The van der Waals surface area contributed by atoms with E-state index < -0.39 is 0 Å². The summed E-state index contributed by atoms with van der Waals surface area (Å²) < 4.78 is 5.27. The fourth-order valence-electron chi connectivity index (χ4n) is 10.4. The Kier molecular flexibility index (Phi) is 9.05. The van der Waals surface area contributed by atoms with Crippen LogP contribution in [0.15, 0.2) is 194 Å². The van der Waals surface area contributed by atoms with Gasteiger partial charge in [0.1, 0.15) is 0 Å². The fraction of sp³-hybridized carbons (Fsp3) is 0.103. The summed E-state index contributed by atoms with van der Waals surface area (Å²) in [4.78, 5) is 2.55. The van der Waals surface area contributed by atoms with Crippen LogP contribution in [0.1, 0.15) is 43.6 Å². The lowest BCUT2D eigenvalue weighted by atomic mass is 9.80. The number of hydrogen-bond donors (Lipinski definition) is 0. The molecule has 0 spiro atoms. The van der Waals surface area contributed by atoms with Crippen molar-refractivity contribution in [2.24, 2.45) is 0 Å². The molecule has 2 heterocycles. The van der Waals surface area contributed by atoms with Crippen LogP contribution in [0.3, 0.4) is 0 Å². The normalized spacial score (nSPS) is 13.5. The SMILES string of the molecule is c1cc(-c2cccc3sc4ccccc4c23)cc(N(c2ccccc2-c2cccc3cccc(C4CCCCC4)c23)c2ccccc2-c2cccc3sc4ccccc4c23)c1. The van der Waals surface area contributed by atoms with Gasteiger partial charge in [0, 0.05) is 57.2 Å². The van der Waals surface area contributed by atoms with Gasteiger partial charge in [0.25, 0.3) is 0 Å². The predicted molar refractivity (Wildman–Crippen MR) is 267 cm³/mol. The van der Waals surface area contributed by atoms with Gasteiger partial charge in [-0.15, -0.1) is 22.7 Å². The quantitative estimate of drug-likeness (QED) is 0.155. The van der Waals surface area contributed by atoms with Crippen LogP contribution in [0.25, 0.3) is 84.5 Å². The lowest BCUT2D eigenvalue weighted by Crippen LogP contribution is -2.13. The molecular formula is C58H43NS2. The van der Waals surface area contributed by atoms with Crippen molar-refractivity contribution < 1.29 is 0 Å². The zero-order valence-corrected chi connectivity index (χ0v) is 35.5. The topological polar surface area (TPSA) is 3.24 Å². The smallest absolute Gasteiger partial charge is 0.0540 e. The van der Waals surface area contributed by atoms with E-state index in [4.69, 9.17) is 0 Å². The van der Waals surface area contributed by atoms with Crippen molar-refractivity contribution in [3.8, 4) is 33.4 Å². The van der Waals surface area contributed by atoms with Crippen LogP contribution < -0.4 is 4.90 Å². The second kappa shape index (κ2) is 15.2. The van der Waals surface area contributed by atoms with Crippen molar-refractivity contribution in [1.29, 1.82) is 0 Å². The van der Waals surface area contributed by atoms with Crippen molar-refractivity contribution >= 4 is 90.9 Å². The summed E-state index contributed by atoms with van der Waals surface area (Å²) in [5.41, 5.74) is 12.4. The summed E-state index contributed by atoms with van der Waals surface area (Å²) in [5.74, 6) is 0.580. The van der Waals surface area contributed by atoms with Gasteiger partial charge in [-0.25, -0.2) is 0 Å². The number of fused-ring (bicyclic) bond motifs is 7. The van der Waals surface area contributed by atoms with Crippen LogP contribution in [0.2, 0.25) is 0 Å². The molecule has 0 bridgehead atoms. The highest BCUT2D eigenvalue weighted by Gasteiger charge is 2.25. The highest BCUT2D eigenvalue weighted by atomic mass is 32.1. The molecule has 292 valence electrons. The van der Waals surface area contributed by atoms with Gasteiger partial charge in [0.05, 0.1) is 11.4 Å². The first-order chi connectivity index (χ1) is 30.3. The molecule has 2 aromatic heterocycles. The molecule has 1 fully saturated rings. The number of benzene rings is 9. The molecule has 0 N–H and O–H groups in total. The van der Waals surface area contributed by atoms with Gasteiger partial charge >= 0.3 is 0 Å². The van der Waals surface area contributed by atoms with Crippen LogP contribution >= 0.6 is 22.7 Å². The van der Waals surface area contributed by atoms with E-state index in [1.807, 2.05) is 22.7 Å². The summed E-state index contributed by atoms with van der Waals surface area (Å²) in [6.45, 7) is 0. The third-order valence-electron chi connectivity index (χ3n) is 13.1. The fourth-order valence-corrected chi connectivity index (χ4v) is 12.6. The number of hydrogen-bond acceptors (Lipinski definition) is 3. The third kappa shape index (κ3) is 6.18. The summed E-state index contributed by atoms with van der Waals surface area (Å²) in [6.07, 6.45) is 6.48. The first-order valence-electron chi connectivity index (χ1n) is 21.7. The summed E-state index contributed by atoms with van der Waals surface area (Å²) in [6, 6.07) is 72.8. The molecule has 3 heteroatoms. The number of anilines is 3. The summed E-state index contributed by atoms with van der Waals surface area (Å²) >= 11 is 3.76. The maximum atomic E-state index is 2.55. The zero-order valence-electron chi connectivity index (χ0n) is 33.9. The average molecular weight is 818 g/mol. The molecular weight excluding hydrogens is 775 g/mol. The lowest BCUT2D eigenvalue weighted by Gasteiger charge is -2.31. The molecule has 0 unspecified atom stereocenters. The molecule has 0 radical (unpaired) electrons. The van der Waals surface area contributed by atoms with Crippen LogP contribution in [0.4, 0.5) is 17.1 Å². The Hall–Kier alpha value is -6.52. The van der Waals surface area contributed by atoms with Crippen LogP contribution in [0, 0.1) is 0 Å². The van der Waals surface area contributed by atoms with Crippen molar-refractivity contribution in [3.05, 3.63) is 200 Å². The van der Waals surface area contributed by atoms with Gasteiger partial charge in [-0.2, -0.15) is 0 Å². The van der Waals surface area contributed by atoms with Gasteiger partial charge in [-0.3, -0.25) is 0 Å². The Morgan fingerprint density at radius 3 is 1.54 bits per heavy atom. The Labute approximate surface area is 364 Å². The Balaban J connectivity index is 1.13. The van der Waals surface area contributed by atoms with E-state index >= 15 is 0 Å². The second-order valence-electron chi connectivity index (χ2n) is 16.6.